The van der Waals surface area contributed by atoms with E-state index in [1.807, 2.05) is 6.92 Å². The molecule has 0 fully saturated rings. The fraction of sp³-hybridized carbons (Fsp3) is 0.400. The maximum absolute atomic E-state index is 11.7. The number of carbonyl (C=O) groups is 1. The van der Waals surface area contributed by atoms with Crippen LogP contribution in [0.25, 0.3) is 0 Å². The molecule has 0 aliphatic heterocycles. The monoisotopic (exact) mass is 214 g/mol. The molecule has 3 nitrogen and oxygen atoms in total. The van der Waals surface area contributed by atoms with Gasteiger partial charge in [0.25, 0.3) is 0 Å². The van der Waals surface area contributed by atoms with Crippen LogP contribution in [-0.2, 0) is 0 Å². The Labute approximate surface area is 90.3 Å². The highest BCUT2D eigenvalue weighted by Crippen LogP contribution is 2.03. The van der Waals surface area contributed by atoms with E-state index in [1.165, 1.54) is 0 Å². The summed E-state index contributed by atoms with van der Waals surface area (Å²) >= 11 is 0. The van der Waals surface area contributed by atoms with E-state index in [0.29, 0.717) is 5.56 Å². The number of hydrogen-bond donors (Lipinski definition) is 1. The molecular weight excluding hydrogens is 200 g/mol. The topological polar surface area (TPSA) is 42.0 Å². The van der Waals surface area contributed by atoms with Gasteiger partial charge in [0.2, 0.25) is 0 Å². The zero-order valence-electron chi connectivity index (χ0n) is 8.36. The number of nitrogens with one attached hydrogen (secondary N) is 1. The summed E-state index contributed by atoms with van der Waals surface area (Å²) in [5.74, 6) is 0.109. The van der Waals surface area contributed by atoms with Crippen LogP contribution < -0.4 is 5.32 Å². The molecule has 0 aliphatic carbocycles. The van der Waals surface area contributed by atoms with Gasteiger partial charge in [0.1, 0.15) is 0 Å². The van der Waals surface area contributed by atoms with Gasteiger partial charge in [-0.05, 0) is 25.6 Å². The minimum atomic E-state index is -0.0933. The van der Waals surface area contributed by atoms with E-state index >= 15 is 0 Å². The summed E-state index contributed by atoms with van der Waals surface area (Å²) < 4.78 is 0. The molecule has 0 aliphatic rings. The molecule has 0 aromatic carbocycles. The number of hydrogen-bond acceptors (Lipinski definition) is 3. The van der Waals surface area contributed by atoms with Crippen molar-refractivity contribution in [3.63, 3.8) is 0 Å². The summed E-state index contributed by atoms with van der Waals surface area (Å²) in [5, 5.41) is 2.97. The Morgan fingerprint density at radius 2 is 2.36 bits per heavy atom. The maximum Gasteiger partial charge on any atom is 0.181 e. The third kappa shape index (κ3) is 3.09. The van der Waals surface area contributed by atoms with Crippen molar-refractivity contribution in [2.45, 2.75) is 19.4 Å². The normalized spacial score (nSPS) is 11.6. The molecule has 1 N–H and O–H groups in total. The van der Waals surface area contributed by atoms with E-state index in [1.54, 1.807) is 31.6 Å². The molecular formula is C10H15ClN2O. The molecule has 14 heavy (non-hydrogen) atoms. The highest BCUT2D eigenvalue weighted by molar-refractivity contribution is 5.99. The number of likely N-dealkylation sites (N-methyl/N-ethyl adjacent to an activating group) is 1. The third-order valence-corrected chi connectivity index (χ3v) is 2.02. The summed E-state index contributed by atoms with van der Waals surface area (Å²) in [6.07, 6.45) is 4.06. The highest BCUT2D eigenvalue weighted by Gasteiger charge is 2.15. The molecule has 0 spiro atoms. The molecule has 1 heterocycles. The molecule has 0 saturated carbocycles. The van der Waals surface area contributed by atoms with Gasteiger partial charge in [-0.1, -0.05) is 6.92 Å². The lowest BCUT2D eigenvalue weighted by Gasteiger charge is -2.11. The molecule has 0 saturated heterocycles. The Hall–Kier alpha value is -0.930. The molecule has 0 amide bonds. The van der Waals surface area contributed by atoms with E-state index in [2.05, 4.69) is 10.3 Å². The van der Waals surface area contributed by atoms with Crippen LogP contribution in [0, 0.1) is 0 Å². The summed E-state index contributed by atoms with van der Waals surface area (Å²) in [4.78, 5) is 15.6. The Balaban J connectivity index is 0.00000169. The standard InChI is InChI=1S/C10H14N2O.ClH/c1-3-9(11-2)10(13)8-5-4-6-12-7-8;/h4-7,9,11H,3H2,1-2H3;1H. The lowest BCUT2D eigenvalue weighted by Crippen LogP contribution is -2.33. The lowest BCUT2D eigenvalue weighted by atomic mass is 10.0. The van der Waals surface area contributed by atoms with E-state index in [-0.39, 0.29) is 24.2 Å². The van der Waals surface area contributed by atoms with Crippen molar-refractivity contribution in [3.8, 4) is 0 Å². The number of halogens is 1. The Bertz CT molecular complexity index is 273. The fourth-order valence-corrected chi connectivity index (χ4v) is 1.23. The first-order valence-corrected chi connectivity index (χ1v) is 4.41. The van der Waals surface area contributed by atoms with E-state index in [4.69, 9.17) is 0 Å². The lowest BCUT2D eigenvalue weighted by molar-refractivity contribution is 0.0944. The zero-order chi connectivity index (χ0) is 9.68. The van der Waals surface area contributed by atoms with Gasteiger partial charge >= 0.3 is 0 Å². The molecule has 78 valence electrons. The molecule has 0 radical (unpaired) electrons. The number of ketones is 1. The maximum atomic E-state index is 11.7. The quantitative estimate of drug-likeness (QED) is 0.776. The first kappa shape index (κ1) is 13.1. The number of carbonyl (C=O) groups excluding carboxylic acids is 1. The van der Waals surface area contributed by atoms with Crippen LogP contribution in [0.4, 0.5) is 0 Å². The molecule has 1 rings (SSSR count). The van der Waals surface area contributed by atoms with Crippen molar-refractivity contribution >= 4 is 18.2 Å². The van der Waals surface area contributed by atoms with Crippen LogP contribution in [0.3, 0.4) is 0 Å². The third-order valence-electron chi connectivity index (χ3n) is 2.02. The van der Waals surface area contributed by atoms with Crippen LogP contribution in [0.5, 0.6) is 0 Å². The summed E-state index contributed by atoms with van der Waals surface area (Å²) in [6.45, 7) is 1.98. The van der Waals surface area contributed by atoms with Crippen LogP contribution in [0.2, 0.25) is 0 Å². The van der Waals surface area contributed by atoms with Gasteiger partial charge in [0.15, 0.2) is 5.78 Å². The predicted octanol–water partition coefficient (Wildman–Crippen LogP) is 1.68. The van der Waals surface area contributed by atoms with Gasteiger partial charge in [-0.3, -0.25) is 9.78 Å². The minimum absolute atomic E-state index is 0. The van der Waals surface area contributed by atoms with Gasteiger partial charge in [0, 0.05) is 18.0 Å². The number of rotatable bonds is 4. The number of Topliss-reactive ketones (excluding diaryl/α,β-unsaturated/α-hetero) is 1. The SMILES string of the molecule is CCC(NC)C(=O)c1cccnc1.Cl. The van der Waals surface area contributed by atoms with E-state index in [9.17, 15) is 4.79 Å². The second kappa shape index (κ2) is 6.51. The highest BCUT2D eigenvalue weighted by atomic mass is 35.5. The van der Waals surface area contributed by atoms with Gasteiger partial charge in [-0.2, -0.15) is 0 Å². The van der Waals surface area contributed by atoms with Gasteiger partial charge in [0.05, 0.1) is 6.04 Å². The Kier molecular flexibility index (Phi) is 6.08. The molecule has 0 bridgehead atoms. The Morgan fingerprint density at radius 3 is 2.79 bits per heavy atom. The number of nitrogens with zero attached hydrogens (tertiary/aromatic N) is 1. The second-order valence-corrected chi connectivity index (χ2v) is 2.86. The number of aromatic nitrogens is 1. The average molecular weight is 215 g/mol. The van der Waals surface area contributed by atoms with E-state index < -0.39 is 0 Å². The largest absolute Gasteiger partial charge is 0.310 e. The first-order valence-electron chi connectivity index (χ1n) is 4.41. The fourth-order valence-electron chi connectivity index (χ4n) is 1.23. The molecule has 4 heteroatoms. The molecule has 1 aromatic heterocycles. The van der Waals surface area contributed by atoms with Crippen molar-refractivity contribution < 1.29 is 4.79 Å². The van der Waals surface area contributed by atoms with Gasteiger partial charge in [-0.15, -0.1) is 12.4 Å². The van der Waals surface area contributed by atoms with Crippen LogP contribution in [0.1, 0.15) is 23.7 Å². The molecule has 1 unspecified atom stereocenters. The number of pyridine rings is 1. The Morgan fingerprint density at radius 1 is 1.64 bits per heavy atom. The van der Waals surface area contributed by atoms with Crippen molar-refractivity contribution in [2.24, 2.45) is 0 Å². The average Bonchev–Trinajstić information content (AvgIpc) is 2.21. The second-order valence-electron chi connectivity index (χ2n) is 2.86. The summed E-state index contributed by atoms with van der Waals surface area (Å²) in [6, 6.07) is 3.47. The minimum Gasteiger partial charge on any atom is -0.310 e. The van der Waals surface area contributed by atoms with Gasteiger partial charge in [-0.25, -0.2) is 0 Å². The summed E-state index contributed by atoms with van der Waals surface area (Å²) in [7, 11) is 1.79. The van der Waals surface area contributed by atoms with E-state index in [0.717, 1.165) is 6.42 Å². The van der Waals surface area contributed by atoms with Crippen molar-refractivity contribution in [2.75, 3.05) is 7.05 Å². The van der Waals surface area contributed by atoms with Crippen LogP contribution in [0.15, 0.2) is 24.5 Å². The van der Waals surface area contributed by atoms with Crippen molar-refractivity contribution in [3.05, 3.63) is 30.1 Å². The molecule has 1 atom stereocenters. The smallest absolute Gasteiger partial charge is 0.181 e. The van der Waals surface area contributed by atoms with Crippen molar-refractivity contribution in [1.82, 2.24) is 10.3 Å². The zero-order valence-corrected chi connectivity index (χ0v) is 9.17. The van der Waals surface area contributed by atoms with Crippen LogP contribution in [-0.4, -0.2) is 23.9 Å². The predicted molar refractivity (Wildman–Crippen MR) is 59.0 cm³/mol. The van der Waals surface area contributed by atoms with Crippen molar-refractivity contribution in [1.29, 1.82) is 0 Å². The molecule has 1 aromatic rings. The summed E-state index contributed by atoms with van der Waals surface area (Å²) in [5.41, 5.74) is 0.670. The first-order chi connectivity index (χ1) is 6.29. The van der Waals surface area contributed by atoms with Gasteiger partial charge < -0.3 is 5.32 Å². The van der Waals surface area contributed by atoms with Crippen LogP contribution >= 0.6 is 12.4 Å².